The molecule has 1 fully saturated rings. The molecule has 1 aliphatic rings. The zero-order valence-electron chi connectivity index (χ0n) is 9.47. The van der Waals surface area contributed by atoms with Crippen LogP contribution in [0.1, 0.15) is 53.4 Å². The highest BCUT2D eigenvalue weighted by atomic mass is 28.3. The van der Waals surface area contributed by atoms with E-state index < -0.39 is 9.04 Å². The van der Waals surface area contributed by atoms with Crippen molar-refractivity contribution in [1.29, 1.82) is 0 Å². The predicted octanol–water partition coefficient (Wildman–Crippen LogP) is 3.76. The van der Waals surface area contributed by atoms with Crippen molar-refractivity contribution in [3.63, 3.8) is 0 Å². The smallest absolute Gasteiger partial charge is 0.217 e. The molecule has 0 N–H and O–H groups in total. The second-order valence-corrected chi connectivity index (χ2v) is 8.09. The van der Waals surface area contributed by atoms with Crippen LogP contribution in [0.15, 0.2) is 0 Å². The first-order chi connectivity index (χ1) is 6.11. The van der Waals surface area contributed by atoms with Gasteiger partial charge in [-0.05, 0) is 23.9 Å². The molecule has 0 aromatic carbocycles. The lowest BCUT2D eigenvalue weighted by Gasteiger charge is -2.26. The van der Waals surface area contributed by atoms with E-state index >= 15 is 0 Å². The van der Waals surface area contributed by atoms with E-state index in [-0.39, 0.29) is 0 Å². The Morgan fingerprint density at radius 2 is 1.46 bits per heavy atom. The third-order valence-corrected chi connectivity index (χ3v) is 5.62. The molecule has 2 heteroatoms. The Hall–Kier alpha value is 0.177. The summed E-state index contributed by atoms with van der Waals surface area (Å²) in [6, 6.07) is 0. The van der Waals surface area contributed by atoms with E-state index in [9.17, 15) is 0 Å². The second kappa shape index (κ2) is 5.16. The molecule has 1 rings (SSSR count). The fraction of sp³-hybridized carbons (Fsp3) is 1.00. The third-order valence-electron chi connectivity index (χ3n) is 2.74. The van der Waals surface area contributed by atoms with Crippen LogP contribution >= 0.6 is 0 Å². The Balaban J connectivity index is 2.37. The summed E-state index contributed by atoms with van der Waals surface area (Å²) < 4.78 is 6.24. The maximum Gasteiger partial charge on any atom is 0.217 e. The zero-order valence-corrected chi connectivity index (χ0v) is 10.5. The SMILES string of the molecule is CC(C)[Si](OC1CCCC1)C(C)C. The van der Waals surface area contributed by atoms with Crippen molar-refractivity contribution in [2.24, 2.45) is 0 Å². The lowest BCUT2D eigenvalue weighted by Crippen LogP contribution is -2.29. The molecule has 0 bridgehead atoms. The van der Waals surface area contributed by atoms with Gasteiger partial charge in [0.2, 0.25) is 9.04 Å². The molecule has 77 valence electrons. The van der Waals surface area contributed by atoms with Crippen LogP contribution < -0.4 is 0 Å². The Kier molecular flexibility index (Phi) is 4.46. The minimum absolute atomic E-state index is 0.562. The van der Waals surface area contributed by atoms with E-state index in [0.29, 0.717) is 6.10 Å². The molecule has 1 nitrogen and oxygen atoms in total. The van der Waals surface area contributed by atoms with Crippen molar-refractivity contribution >= 4 is 9.04 Å². The molecule has 0 atom stereocenters. The second-order valence-electron chi connectivity index (χ2n) is 4.74. The summed E-state index contributed by atoms with van der Waals surface area (Å²) in [5.74, 6) is 0. The molecule has 0 unspecified atom stereocenters. The summed E-state index contributed by atoms with van der Waals surface area (Å²) in [7, 11) is -0.562. The molecule has 0 amide bonds. The van der Waals surface area contributed by atoms with Gasteiger partial charge >= 0.3 is 0 Å². The predicted molar refractivity (Wildman–Crippen MR) is 59.3 cm³/mol. The molecule has 0 aromatic heterocycles. The van der Waals surface area contributed by atoms with Gasteiger partial charge in [0.1, 0.15) is 0 Å². The molecule has 0 spiro atoms. The topological polar surface area (TPSA) is 9.23 Å². The van der Waals surface area contributed by atoms with E-state index in [0.717, 1.165) is 11.1 Å². The fourth-order valence-corrected chi connectivity index (χ4v) is 4.64. The summed E-state index contributed by atoms with van der Waals surface area (Å²) in [5, 5.41) is 0. The molecule has 0 aromatic rings. The van der Waals surface area contributed by atoms with Crippen LogP contribution in [-0.4, -0.2) is 15.1 Å². The molecule has 0 aliphatic heterocycles. The largest absolute Gasteiger partial charge is 0.413 e. The van der Waals surface area contributed by atoms with E-state index in [1.165, 1.54) is 25.7 Å². The quantitative estimate of drug-likeness (QED) is 0.626. The van der Waals surface area contributed by atoms with Crippen LogP contribution in [0.2, 0.25) is 11.1 Å². The van der Waals surface area contributed by atoms with E-state index in [1.54, 1.807) is 0 Å². The van der Waals surface area contributed by atoms with E-state index in [1.807, 2.05) is 0 Å². The van der Waals surface area contributed by atoms with Gasteiger partial charge in [-0.1, -0.05) is 40.5 Å². The molecule has 1 radical (unpaired) electrons. The van der Waals surface area contributed by atoms with Gasteiger partial charge in [-0.25, -0.2) is 0 Å². The first-order valence-corrected chi connectivity index (χ1v) is 7.21. The van der Waals surface area contributed by atoms with Crippen molar-refractivity contribution < 1.29 is 4.43 Å². The zero-order chi connectivity index (χ0) is 9.84. The van der Waals surface area contributed by atoms with Gasteiger partial charge < -0.3 is 4.43 Å². The van der Waals surface area contributed by atoms with Crippen LogP contribution in [0.5, 0.6) is 0 Å². The Morgan fingerprint density at radius 1 is 1.00 bits per heavy atom. The molecule has 0 saturated heterocycles. The molecule has 1 saturated carbocycles. The van der Waals surface area contributed by atoms with Crippen LogP contribution in [-0.2, 0) is 4.43 Å². The monoisotopic (exact) mass is 199 g/mol. The third kappa shape index (κ3) is 3.43. The van der Waals surface area contributed by atoms with Crippen LogP contribution in [0.25, 0.3) is 0 Å². The van der Waals surface area contributed by atoms with Crippen LogP contribution in [0.3, 0.4) is 0 Å². The number of rotatable bonds is 4. The number of hydrogen-bond acceptors (Lipinski definition) is 1. The Morgan fingerprint density at radius 3 is 1.85 bits per heavy atom. The van der Waals surface area contributed by atoms with Gasteiger partial charge in [-0.3, -0.25) is 0 Å². The van der Waals surface area contributed by atoms with Gasteiger partial charge in [0.15, 0.2) is 0 Å². The van der Waals surface area contributed by atoms with Crippen LogP contribution in [0, 0.1) is 0 Å². The first kappa shape index (κ1) is 11.3. The summed E-state index contributed by atoms with van der Waals surface area (Å²) >= 11 is 0. The Bertz CT molecular complexity index is 131. The molecule has 13 heavy (non-hydrogen) atoms. The van der Waals surface area contributed by atoms with Crippen molar-refractivity contribution in [1.82, 2.24) is 0 Å². The lowest BCUT2D eigenvalue weighted by molar-refractivity contribution is 0.201. The average molecular weight is 199 g/mol. The van der Waals surface area contributed by atoms with Crippen LogP contribution in [0.4, 0.5) is 0 Å². The minimum Gasteiger partial charge on any atom is -0.413 e. The summed E-state index contributed by atoms with van der Waals surface area (Å²) in [6.07, 6.45) is 6.01. The molecule has 1 aliphatic carbocycles. The first-order valence-electron chi connectivity index (χ1n) is 5.64. The van der Waals surface area contributed by atoms with Gasteiger partial charge in [0, 0.05) is 6.10 Å². The summed E-state index contributed by atoms with van der Waals surface area (Å²) in [5.41, 5.74) is 1.51. The van der Waals surface area contributed by atoms with Gasteiger partial charge in [-0.15, -0.1) is 0 Å². The summed E-state index contributed by atoms with van der Waals surface area (Å²) in [4.78, 5) is 0. The van der Waals surface area contributed by atoms with Gasteiger partial charge in [0.25, 0.3) is 0 Å². The van der Waals surface area contributed by atoms with Gasteiger partial charge in [-0.2, -0.15) is 0 Å². The Labute approximate surface area is 84.6 Å². The molecular formula is C11H23OSi. The minimum atomic E-state index is -0.562. The maximum atomic E-state index is 6.24. The van der Waals surface area contributed by atoms with Gasteiger partial charge in [0.05, 0.1) is 0 Å². The molecular weight excluding hydrogens is 176 g/mol. The van der Waals surface area contributed by atoms with E-state index in [2.05, 4.69) is 27.7 Å². The fourth-order valence-electron chi connectivity index (χ4n) is 2.14. The number of hydrogen-bond donors (Lipinski definition) is 0. The lowest BCUT2D eigenvalue weighted by atomic mass is 10.3. The normalized spacial score (nSPS) is 19.6. The van der Waals surface area contributed by atoms with Crippen molar-refractivity contribution in [2.75, 3.05) is 0 Å². The van der Waals surface area contributed by atoms with Crippen molar-refractivity contribution in [2.45, 2.75) is 70.6 Å². The van der Waals surface area contributed by atoms with Crippen molar-refractivity contribution in [3.05, 3.63) is 0 Å². The molecule has 0 heterocycles. The summed E-state index contributed by atoms with van der Waals surface area (Å²) in [6.45, 7) is 9.24. The van der Waals surface area contributed by atoms with Crippen molar-refractivity contribution in [3.8, 4) is 0 Å². The average Bonchev–Trinajstić information content (AvgIpc) is 2.50. The highest BCUT2D eigenvalue weighted by molar-refractivity contribution is 6.55. The standard InChI is InChI=1S/C11H23OSi/c1-9(2)13(10(3)4)12-11-7-5-6-8-11/h9-11H,5-8H2,1-4H3. The highest BCUT2D eigenvalue weighted by Crippen LogP contribution is 2.28. The maximum absolute atomic E-state index is 6.24. The van der Waals surface area contributed by atoms with E-state index in [4.69, 9.17) is 4.43 Å². The highest BCUT2D eigenvalue weighted by Gasteiger charge is 2.27.